The lowest BCUT2D eigenvalue weighted by Gasteiger charge is -2.34. The molecular weight excluding hydrogens is 458 g/mol. The van der Waals surface area contributed by atoms with Crippen LogP contribution in [0.4, 0.5) is 0 Å². The second-order valence-corrected chi connectivity index (χ2v) is 10.8. The van der Waals surface area contributed by atoms with Gasteiger partial charge in [-0.3, -0.25) is 19.2 Å². The normalized spacial score (nSPS) is 12.8. The maximum Gasteiger partial charge on any atom is 0.323 e. The average Bonchev–Trinajstić information content (AvgIpc) is 2.77. The predicted octanol–water partition coefficient (Wildman–Crippen LogP) is 3.79. The molecule has 2 atom stereocenters. The molecule has 0 saturated carbocycles. The molecule has 0 aromatic heterocycles. The topological polar surface area (TPSA) is 107 Å². The summed E-state index contributed by atoms with van der Waals surface area (Å²) in [6, 6.07) is 8.94. The molecule has 0 fully saturated rings. The van der Waals surface area contributed by atoms with Crippen molar-refractivity contribution in [1.82, 2.24) is 15.1 Å². The lowest BCUT2D eigenvalue weighted by atomic mass is 9.71. The van der Waals surface area contributed by atoms with Gasteiger partial charge in [-0.15, -0.1) is 0 Å². The number of hydrogen-bond donors (Lipinski definition) is 2. The van der Waals surface area contributed by atoms with Gasteiger partial charge in [-0.05, 0) is 23.8 Å². The Morgan fingerprint density at radius 3 is 1.89 bits per heavy atom. The number of aliphatic carboxylic acids is 1. The van der Waals surface area contributed by atoms with Gasteiger partial charge in [-0.25, -0.2) is 0 Å². The second kappa shape index (κ2) is 15.3. The Kier molecular flexibility index (Phi) is 14.0. The van der Waals surface area contributed by atoms with E-state index in [2.05, 4.69) is 26.1 Å². The van der Waals surface area contributed by atoms with Crippen LogP contribution in [0.25, 0.3) is 0 Å². The van der Waals surface area contributed by atoms with Crippen molar-refractivity contribution in [3.05, 3.63) is 35.9 Å². The highest BCUT2D eigenvalue weighted by Crippen LogP contribution is 2.33. The summed E-state index contributed by atoms with van der Waals surface area (Å²) < 4.78 is 0. The molecule has 0 aliphatic rings. The largest absolute Gasteiger partial charge is 0.480 e. The summed E-state index contributed by atoms with van der Waals surface area (Å²) >= 11 is 0. The first kappa shape index (κ1) is 33.1. The highest BCUT2D eigenvalue weighted by molar-refractivity contribution is 5.91. The van der Waals surface area contributed by atoms with Crippen molar-refractivity contribution in [3.8, 4) is 0 Å². The molecule has 204 valence electrons. The zero-order valence-corrected chi connectivity index (χ0v) is 23.8. The van der Waals surface area contributed by atoms with E-state index in [1.54, 1.807) is 13.8 Å². The zero-order chi connectivity index (χ0) is 28.2. The van der Waals surface area contributed by atoms with Crippen molar-refractivity contribution in [1.29, 1.82) is 0 Å². The maximum absolute atomic E-state index is 13.0. The number of carbonyl (C=O) groups excluding carboxylic acids is 3. The molecule has 0 radical (unpaired) electrons. The Hall–Kier alpha value is -2.90. The van der Waals surface area contributed by atoms with Crippen LogP contribution in [-0.4, -0.2) is 71.8 Å². The summed E-state index contributed by atoms with van der Waals surface area (Å²) in [6.07, 6.45) is 0.602. The van der Waals surface area contributed by atoms with Crippen molar-refractivity contribution in [3.63, 3.8) is 0 Å². The minimum absolute atomic E-state index is 0.224. The quantitative estimate of drug-likeness (QED) is 0.476. The molecule has 0 saturated heterocycles. The van der Waals surface area contributed by atoms with Gasteiger partial charge in [0.1, 0.15) is 12.6 Å². The standard InChI is InChI=1S/C24H37N3O5.C4H10/c1-8-18(24(4,5)17-12-10-9-11-13-17)22(31)25-14-19(28)27(7)21(16(2)3)23(32)26(6)15-20(29)30;1-4(2)3/h9-13,16,18,21H,8,14-15H2,1-7H3,(H,25,31)(H,29,30);4H,1-3H3/t18-,21+;/m1./s1. The minimum Gasteiger partial charge on any atom is -0.480 e. The molecule has 0 aliphatic carbocycles. The number of nitrogens with zero attached hydrogens (tertiary/aromatic N) is 2. The van der Waals surface area contributed by atoms with E-state index < -0.39 is 35.8 Å². The molecule has 0 aliphatic heterocycles. The SMILES string of the molecule is CC(C)C.CC[C@H](C(=O)NCC(=O)N(C)[C@H](C(=O)N(C)CC(=O)O)C(C)C)C(C)(C)c1ccccc1. The Morgan fingerprint density at radius 1 is 0.972 bits per heavy atom. The number of amides is 3. The Bertz CT molecular complexity index is 849. The number of benzene rings is 1. The number of carboxylic acids is 1. The first-order valence-corrected chi connectivity index (χ1v) is 12.6. The number of nitrogens with one attached hydrogen (secondary N) is 1. The Balaban J connectivity index is 0.00000283. The van der Waals surface area contributed by atoms with Crippen LogP contribution in [0.5, 0.6) is 0 Å². The van der Waals surface area contributed by atoms with Gasteiger partial charge in [-0.1, -0.05) is 85.7 Å². The average molecular weight is 506 g/mol. The van der Waals surface area contributed by atoms with E-state index in [1.165, 1.54) is 19.0 Å². The second-order valence-electron chi connectivity index (χ2n) is 10.8. The molecule has 2 N–H and O–H groups in total. The van der Waals surface area contributed by atoms with Crippen LogP contribution >= 0.6 is 0 Å². The monoisotopic (exact) mass is 505 g/mol. The summed E-state index contributed by atoms with van der Waals surface area (Å²) in [5.74, 6) is -1.96. The van der Waals surface area contributed by atoms with Gasteiger partial charge >= 0.3 is 5.97 Å². The van der Waals surface area contributed by atoms with Gasteiger partial charge in [-0.2, -0.15) is 0 Å². The first-order valence-electron chi connectivity index (χ1n) is 12.6. The molecule has 3 amide bonds. The molecular formula is C28H47N3O5. The molecule has 36 heavy (non-hydrogen) atoms. The number of carboxylic acid groups (broad SMARTS) is 1. The first-order chi connectivity index (χ1) is 16.6. The fourth-order valence-electron chi connectivity index (χ4n) is 4.06. The van der Waals surface area contributed by atoms with Crippen LogP contribution in [0, 0.1) is 17.8 Å². The summed E-state index contributed by atoms with van der Waals surface area (Å²) in [7, 11) is 2.89. The predicted molar refractivity (Wildman–Crippen MR) is 143 cm³/mol. The molecule has 1 rings (SSSR count). The van der Waals surface area contributed by atoms with Crippen LogP contribution in [0.1, 0.15) is 67.4 Å². The molecule has 0 spiro atoms. The van der Waals surface area contributed by atoms with Crippen LogP contribution in [0.3, 0.4) is 0 Å². The summed E-state index contributed by atoms with van der Waals surface area (Å²) in [4.78, 5) is 51.8. The third kappa shape index (κ3) is 10.4. The van der Waals surface area contributed by atoms with E-state index in [4.69, 9.17) is 5.11 Å². The molecule has 8 nitrogen and oxygen atoms in total. The van der Waals surface area contributed by atoms with Crippen molar-refractivity contribution < 1.29 is 24.3 Å². The lowest BCUT2D eigenvalue weighted by Crippen LogP contribution is -2.54. The number of likely N-dealkylation sites (N-methyl/N-ethyl adjacent to an activating group) is 2. The fourth-order valence-corrected chi connectivity index (χ4v) is 4.06. The van der Waals surface area contributed by atoms with Crippen molar-refractivity contribution in [2.24, 2.45) is 17.8 Å². The van der Waals surface area contributed by atoms with Crippen LogP contribution in [0.2, 0.25) is 0 Å². The van der Waals surface area contributed by atoms with E-state index in [9.17, 15) is 19.2 Å². The van der Waals surface area contributed by atoms with Crippen LogP contribution in [-0.2, 0) is 24.6 Å². The van der Waals surface area contributed by atoms with Gasteiger partial charge in [0.25, 0.3) is 0 Å². The van der Waals surface area contributed by atoms with Gasteiger partial charge < -0.3 is 20.2 Å². The minimum atomic E-state index is -1.13. The van der Waals surface area contributed by atoms with Crippen LogP contribution in [0.15, 0.2) is 30.3 Å². The molecule has 1 aromatic rings. The summed E-state index contributed by atoms with van der Waals surface area (Å²) in [5.41, 5.74) is 0.614. The summed E-state index contributed by atoms with van der Waals surface area (Å²) in [5, 5.41) is 11.7. The molecule has 1 aromatic carbocycles. The molecule has 8 heteroatoms. The molecule has 0 bridgehead atoms. The van der Waals surface area contributed by atoms with Gasteiger partial charge in [0.05, 0.1) is 6.54 Å². The highest BCUT2D eigenvalue weighted by atomic mass is 16.4. The van der Waals surface area contributed by atoms with E-state index in [0.29, 0.717) is 6.42 Å². The van der Waals surface area contributed by atoms with Crippen molar-refractivity contribution in [2.75, 3.05) is 27.2 Å². The van der Waals surface area contributed by atoms with Gasteiger partial charge in [0, 0.05) is 25.4 Å². The Labute approximate surface area is 217 Å². The molecule has 0 heterocycles. The van der Waals surface area contributed by atoms with Crippen LogP contribution < -0.4 is 5.32 Å². The Morgan fingerprint density at radius 2 is 1.47 bits per heavy atom. The van der Waals surface area contributed by atoms with Crippen molar-refractivity contribution >= 4 is 23.7 Å². The smallest absolute Gasteiger partial charge is 0.323 e. The summed E-state index contributed by atoms with van der Waals surface area (Å²) in [6.45, 7) is 15.3. The van der Waals surface area contributed by atoms with E-state index >= 15 is 0 Å². The lowest BCUT2D eigenvalue weighted by molar-refractivity contribution is -0.149. The van der Waals surface area contributed by atoms with E-state index in [1.807, 2.05) is 51.1 Å². The van der Waals surface area contributed by atoms with Gasteiger partial charge in [0.2, 0.25) is 17.7 Å². The number of rotatable bonds is 11. The number of hydrogen-bond acceptors (Lipinski definition) is 4. The third-order valence-corrected chi connectivity index (χ3v) is 5.97. The highest BCUT2D eigenvalue weighted by Gasteiger charge is 2.36. The molecule has 0 unspecified atom stereocenters. The van der Waals surface area contributed by atoms with E-state index in [0.717, 1.165) is 16.4 Å². The van der Waals surface area contributed by atoms with Gasteiger partial charge in [0.15, 0.2) is 0 Å². The maximum atomic E-state index is 13.0. The van der Waals surface area contributed by atoms with E-state index in [-0.39, 0.29) is 24.3 Å². The third-order valence-electron chi connectivity index (χ3n) is 5.97. The zero-order valence-electron chi connectivity index (χ0n) is 23.8. The van der Waals surface area contributed by atoms with Crippen molar-refractivity contribution in [2.45, 2.75) is 73.3 Å². The fraction of sp³-hybridized carbons (Fsp3) is 0.643. The number of carbonyl (C=O) groups is 4.